The van der Waals surface area contributed by atoms with Gasteiger partial charge in [-0.2, -0.15) is 10.2 Å². The summed E-state index contributed by atoms with van der Waals surface area (Å²) in [6.45, 7) is 1.49. The highest BCUT2D eigenvalue weighted by Gasteiger charge is 2.25. The van der Waals surface area contributed by atoms with Crippen molar-refractivity contribution in [3.63, 3.8) is 0 Å². The van der Waals surface area contributed by atoms with E-state index in [1.807, 2.05) is 42.5 Å². The van der Waals surface area contributed by atoms with E-state index < -0.39 is 0 Å². The van der Waals surface area contributed by atoms with Crippen molar-refractivity contribution in [1.82, 2.24) is 4.98 Å². The van der Waals surface area contributed by atoms with E-state index >= 15 is 0 Å². The van der Waals surface area contributed by atoms with Crippen LogP contribution in [0.3, 0.4) is 0 Å². The van der Waals surface area contributed by atoms with Gasteiger partial charge in [0.1, 0.15) is 6.07 Å². The number of rotatable bonds is 2. The van der Waals surface area contributed by atoms with Crippen molar-refractivity contribution in [2.45, 2.75) is 13.1 Å². The molecule has 0 radical (unpaired) electrons. The fourth-order valence-corrected chi connectivity index (χ4v) is 2.78. The van der Waals surface area contributed by atoms with Crippen molar-refractivity contribution < 1.29 is 4.42 Å². The molecule has 1 aromatic heterocycles. The van der Waals surface area contributed by atoms with E-state index in [4.69, 9.17) is 4.42 Å². The molecule has 1 aliphatic rings. The maximum Gasteiger partial charge on any atom is 0.235 e. The lowest BCUT2D eigenvalue weighted by Gasteiger charge is -2.13. The van der Waals surface area contributed by atoms with Gasteiger partial charge in [-0.25, -0.2) is 0 Å². The highest BCUT2D eigenvalue weighted by atomic mass is 16.4. The van der Waals surface area contributed by atoms with Crippen LogP contribution in [0.15, 0.2) is 59.0 Å². The first-order valence-electron chi connectivity index (χ1n) is 7.13. The molecule has 0 unspecified atom stereocenters. The van der Waals surface area contributed by atoms with Crippen molar-refractivity contribution in [3.05, 3.63) is 71.4 Å². The van der Waals surface area contributed by atoms with Gasteiger partial charge in [-0.3, -0.25) is 0 Å². The van der Waals surface area contributed by atoms with Crippen LogP contribution in [0.4, 0.5) is 5.88 Å². The van der Waals surface area contributed by atoms with Gasteiger partial charge in [-0.05, 0) is 23.3 Å². The van der Waals surface area contributed by atoms with E-state index in [2.05, 4.69) is 28.1 Å². The van der Waals surface area contributed by atoms with E-state index in [1.165, 1.54) is 11.1 Å². The topological polar surface area (TPSA) is 53.1 Å². The molecule has 4 heteroatoms. The Bertz CT molecular complexity index is 837. The van der Waals surface area contributed by atoms with Gasteiger partial charge in [0.05, 0.1) is 0 Å². The average Bonchev–Trinajstić information content (AvgIpc) is 3.19. The average molecular weight is 287 g/mol. The number of hydrogen-bond donors (Lipinski definition) is 0. The first-order valence-corrected chi connectivity index (χ1v) is 7.13. The molecule has 3 aromatic rings. The second kappa shape index (κ2) is 5.05. The van der Waals surface area contributed by atoms with Crippen molar-refractivity contribution in [2.24, 2.45) is 0 Å². The highest BCUT2D eigenvalue weighted by Crippen LogP contribution is 2.33. The van der Waals surface area contributed by atoms with Crippen LogP contribution < -0.4 is 4.90 Å². The van der Waals surface area contributed by atoms with Gasteiger partial charge in [0.25, 0.3) is 0 Å². The molecule has 2 heterocycles. The molecule has 0 saturated heterocycles. The van der Waals surface area contributed by atoms with Gasteiger partial charge >= 0.3 is 0 Å². The van der Waals surface area contributed by atoms with Gasteiger partial charge in [0, 0.05) is 18.7 Å². The fraction of sp³-hybridized carbons (Fsp3) is 0.111. The Balaban J connectivity index is 1.72. The molecule has 0 saturated carbocycles. The molecule has 0 N–H and O–H groups in total. The van der Waals surface area contributed by atoms with E-state index in [0.29, 0.717) is 17.5 Å². The molecular formula is C18H13N3O. The number of nitrogens with zero attached hydrogens (tertiary/aromatic N) is 3. The van der Waals surface area contributed by atoms with Crippen LogP contribution in [-0.2, 0) is 13.1 Å². The Hall–Kier alpha value is -3.06. The first kappa shape index (κ1) is 12.7. The molecule has 2 aromatic carbocycles. The Labute approximate surface area is 128 Å². The summed E-state index contributed by atoms with van der Waals surface area (Å²) in [4.78, 5) is 6.40. The minimum absolute atomic E-state index is 0.339. The van der Waals surface area contributed by atoms with E-state index in [-0.39, 0.29) is 0 Å². The van der Waals surface area contributed by atoms with Crippen LogP contribution in [0.1, 0.15) is 16.8 Å². The van der Waals surface area contributed by atoms with E-state index in [9.17, 15) is 5.26 Å². The maximum atomic E-state index is 9.36. The number of aromatic nitrogens is 1. The van der Waals surface area contributed by atoms with Crippen molar-refractivity contribution in [3.8, 4) is 17.5 Å². The summed E-state index contributed by atoms with van der Waals surface area (Å²) in [5.74, 6) is 1.04. The minimum Gasteiger partial charge on any atom is -0.419 e. The molecule has 0 fully saturated rings. The summed E-state index contributed by atoms with van der Waals surface area (Å²) < 4.78 is 5.90. The number of hydrogen-bond acceptors (Lipinski definition) is 4. The summed E-state index contributed by atoms with van der Waals surface area (Å²) in [5, 5.41) is 9.36. The second-order valence-corrected chi connectivity index (χ2v) is 5.28. The molecule has 106 valence electrons. The predicted octanol–water partition coefficient (Wildman–Crippen LogP) is 3.73. The molecule has 4 nitrogen and oxygen atoms in total. The number of benzene rings is 2. The lowest BCUT2D eigenvalue weighted by atomic mass is 10.1. The zero-order chi connectivity index (χ0) is 14.9. The fourth-order valence-electron chi connectivity index (χ4n) is 2.78. The molecule has 0 spiro atoms. The smallest absolute Gasteiger partial charge is 0.235 e. The summed E-state index contributed by atoms with van der Waals surface area (Å²) in [5.41, 5.74) is 3.75. The monoisotopic (exact) mass is 287 g/mol. The summed E-state index contributed by atoms with van der Waals surface area (Å²) >= 11 is 0. The quantitative estimate of drug-likeness (QED) is 0.720. The zero-order valence-electron chi connectivity index (χ0n) is 11.9. The van der Waals surface area contributed by atoms with Crippen LogP contribution >= 0.6 is 0 Å². The van der Waals surface area contributed by atoms with Gasteiger partial charge in [-0.15, -0.1) is 0 Å². The molecule has 0 aliphatic carbocycles. The SMILES string of the molecule is N#Cc1nc(-c2ccccc2)oc1N1Cc2ccccc2C1. The molecule has 22 heavy (non-hydrogen) atoms. The van der Waals surface area contributed by atoms with E-state index in [1.54, 1.807) is 0 Å². The van der Waals surface area contributed by atoms with Crippen LogP contribution in [0, 0.1) is 11.3 Å². The van der Waals surface area contributed by atoms with Gasteiger partial charge in [-0.1, -0.05) is 42.5 Å². The maximum absolute atomic E-state index is 9.36. The Morgan fingerprint density at radius 2 is 1.59 bits per heavy atom. The van der Waals surface area contributed by atoms with Gasteiger partial charge in [0.2, 0.25) is 17.5 Å². The Kier molecular flexibility index (Phi) is 2.90. The van der Waals surface area contributed by atoms with Gasteiger partial charge in [0.15, 0.2) is 0 Å². The van der Waals surface area contributed by atoms with Crippen LogP contribution in [-0.4, -0.2) is 4.98 Å². The Morgan fingerprint density at radius 1 is 0.955 bits per heavy atom. The molecule has 0 amide bonds. The molecule has 1 aliphatic heterocycles. The first-order chi connectivity index (χ1) is 10.8. The molecule has 4 rings (SSSR count). The minimum atomic E-state index is 0.339. The molecule has 0 atom stereocenters. The second-order valence-electron chi connectivity index (χ2n) is 5.28. The third kappa shape index (κ3) is 2.04. The van der Waals surface area contributed by atoms with Crippen LogP contribution in [0.25, 0.3) is 11.5 Å². The molecular weight excluding hydrogens is 274 g/mol. The van der Waals surface area contributed by atoms with Crippen LogP contribution in [0.2, 0.25) is 0 Å². The van der Waals surface area contributed by atoms with Crippen molar-refractivity contribution in [1.29, 1.82) is 5.26 Å². The Morgan fingerprint density at radius 3 is 2.23 bits per heavy atom. The van der Waals surface area contributed by atoms with Crippen molar-refractivity contribution >= 4 is 5.88 Å². The summed E-state index contributed by atoms with van der Waals surface area (Å²) in [7, 11) is 0. The third-order valence-corrected chi connectivity index (χ3v) is 3.86. The third-order valence-electron chi connectivity index (χ3n) is 3.86. The zero-order valence-corrected chi connectivity index (χ0v) is 11.9. The highest BCUT2D eigenvalue weighted by molar-refractivity contribution is 5.60. The van der Waals surface area contributed by atoms with Gasteiger partial charge < -0.3 is 9.32 Å². The lowest BCUT2D eigenvalue weighted by Crippen LogP contribution is -2.14. The largest absolute Gasteiger partial charge is 0.419 e. The van der Waals surface area contributed by atoms with E-state index in [0.717, 1.165) is 18.7 Å². The number of oxazole rings is 1. The standard InChI is InChI=1S/C18H13N3O/c19-10-16-18(21-11-14-8-4-5-9-15(14)12-21)22-17(20-16)13-6-2-1-3-7-13/h1-9H,11-12H2. The molecule has 0 bridgehead atoms. The number of anilines is 1. The lowest BCUT2D eigenvalue weighted by molar-refractivity contribution is 0.554. The summed E-state index contributed by atoms with van der Waals surface area (Å²) in [6.07, 6.45) is 0. The summed E-state index contributed by atoms with van der Waals surface area (Å²) in [6, 6.07) is 20.1. The number of nitriles is 1. The number of fused-ring (bicyclic) bond motifs is 1. The van der Waals surface area contributed by atoms with Crippen molar-refractivity contribution in [2.75, 3.05) is 4.90 Å². The normalized spacial score (nSPS) is 13.0. The van der Waals surface area contributed by atoms with Crippen LogP contribution in [0.5, 0.6) is 0 Å². The predicted molar refractivity (Wildman–Crippen MR) is 83.0 cm³/mol.